The fourth-order valence-corrected chi connectivity index (χ4v) is 2.42. The molecule has 1 aromatic rings. The molecule has 3 nitrogen and oxygen atoms in total. The van der Waals surface area contributed by atoms with Gasteiger partial charge in [-0.1, -0.05) is 22.0 Å². The molecule has 0 aliphatic carbocycles. The Balaban J connectivity index is 2.20. The number of carbonyl (C=O) groups is 1. The molecular formula is C13H17BrN2O. The van der Waals surface area contributed by atoms with Crippen LogP contribution >= 0.6 is 15.9 Å². The predicted octanol–water partition coefficient (Wildman–Crippen LogP) is 2.19. The highest BCUT2D eigenvalue weighted by Gasteiger charge is 2.19. The average Bonchev–Trinajstić information content (AvgIpc) is 2.60. The third kappa shape index (κ3) is 2.87. The smallest absolute Gasteiger partial charge is 0.254 e. The van der Waals surface area contributed by atoms with Crippen molar-refractivity contribution in [3.05, 3.63) is 33.8 Å². The van der Waals surface area contributed by atoms with Crippen molar-refractivity contribution >= 4 is 21.8 Å². The summed E-state index contributed by atoms with van der Waals surface area (Å²) in [5.74, 6) is 0.146. The van der Waals surface area contributed by atoms with Crippen molar-refractivity contribution in [2.75, 3.05) is 26.2 Å². The predicted molar refractivity (Wildman–Crippen MR) is 72.3 cm³/mol. The zero-order chi connectivity index (χ0) is 12.3. The quantitative estimate of drug-likeness (QED) is 0.862. The molecule has 0 atom stereocenters. The summed E-state index contributed by atoms with van der Waals surface area (Å²) in [4.78, 5) is 14.3. The number of hydrogen-bond acceptors (Lipinski definition) is 2. The largest absolute Gasteiger partial charge is 0.337 e. The van der Waals surface area contributed by atoms with Gasteiger partial charge in [-0.25, -0.2) is 0 Å². The van der Waals surface area contributed by atoms with Gasteiger partial charge in [0.2, 0.25) is 0 Å². The van der Waals surface area contributed by atoms with Gasteiger partial charge in [-0.05, 0) is 37.6 Å². The lowest BCUT2D eigenvalue weighted by atomic mass is 10.1. The molecular weight excluding hydrogens is 280 g/mol. The molecule has 0 spiro atoms. The van der Waals surface area contributed by atoms with E-state index in [0.29, 0.717) is 0 Å². The highest BCUT2D eigenvalue weighted by Crippen LogP contribution is 2.20. The first-order valence-electron chi connectivity index (χ1n) is 5.95. The molecule has 1 heterocycles. The van der Waals surface area contributed by atoms with E-state index in [0.717, 1.165) is 48.2 Å². The minimum Gasteiger partial charge on any atom is -0.337 e. The molecule has 0 radical (unpaired) electrons. The minimum atomic E-state index is 0.146. The van der Waals surface area contributed by atoms with E-state index < -0.39 is 0 Å². The fraction of sp³-hybridized carbons (Fsp3) is 0.462. The molecule has 1 aromatic carbocycles. The van der Waals surface area contributed by atoms with Gasteiger partial charge < -0.3 is 10.2 Å². The van der Waals surface area contributed by atoms with Crippen molar-refractivity contribution in [1.82, 2.24) is 10.2 Å². The van der Waals surface area contributed by atoms with Crippen LogP contribution in [0.4, 0.5) is 0 Å². The summed E-state index contributed by atoms with van der Waals surface area (Å²) in [5, 5.41) is 3.31. The number of carbonyl (C=O) groups excluding carboxylic acids is 1. The van der Waals surface area contributed by atoms with Gasteiger partial charge in [-0.2, -0.15) is 0 Å². The van der Waals surface area contributed by atoms with Crippen LogP contribution in [0, 0.1) is 6.92 Å². The monoisotopic (exact) mass is 296 g/mol. The lowest BCUT2D eigenvalue weighted by molar-refractivity contribution is 0.0765. The second-order valence-corrected chi connectivity index (χ2v) is 5.16. The molecule has 1 fully saturated rings. The number of nitrogens with one attached hydrogen (secondary N) is 1. The van der Waals surface area contributed by atoms with Crippen molar-refractivity contribution < 1.29 is 4.79 Å². The average molecular weight is 297 g/mol. The summed E-state index contributed by atoms with van der Waals surface area (Å²) in [7, 11) is 0. The molecule has 0 saturated carbocycles. The molecule has 0 bridgehead atoms. The Morgan fingerprint density at radius 3 is 3.00 bits per heavy atom. The first-order chi connectivity index (χ1) is 8.20. The van der Waals surface area contributed by atoms with Crippen LogP contribution in [-0.2, 0) is 0 Å². The van der Waals surface area contributed by atoms with Crippen LogP contribution in [0.3, 0.4) is 0 Å². The van der Waals surface area contributed by atoms with E-state index in [1.54, 1.807) is 0 Å². The van der Waals surface area contributed by atoms with Gasteiger partial charge in [0.1, 0.15) is 0 Å². The molecule has 1 amide bonds. The Bertz CT molecular complexity index is 412. The van der Waals surface area contributed by atoms with Crippen molar-refractivity contribution in [1.29, 1.82) is 0 Å². The normalized spacial score (nSPS) is 16.7. The van der Waals surface area contributed by atoms with Crippen LogP contribution in [0.15, 0.2) is 22.7 Å². The number of amides is 1. The zero-order valence-electron chi connectivity index (χ0n) is 10.0. The van der Waals surface area contributed by atoms with E-state index in [1.165, 1.54) is 0 Å². The Morgan fingerprint density at radius 2 is 2.18 bits per heavy atom. The van der Waals surface area contributed by atoms with Crippen molar-refractivity contribution in [3.63, 3.8) is 0 Å². The lowest BCUT2D eigenvalue weighted by Crippen LogP contribution is -2.34. The van der Waals surface area contributed by atoms with Crippen LogP contribution in [0.2, 0.25) is 0 Å². The summed E-state index contributed by atoms with van der Waals surface area (Å²) >= 11 is 3.47. The Kier molecular flexibility index (Phi) is 4.18. The van der Waals surface area contributed by atoms with Crippen molar-refractivity contribution in [2.24, 2.45) is 0 Å². The third-order valence-electron chi connectivity index (χ3n) is 3.13. The molecule has 1 aliphatic heterocycles. The number of hydrogen-bond donors (Lipinski definition) is 1. The van der Waals surface area contributed by atoms with E-state index in [2.05, 4.69) is 21.2 Å². The number of benzene rings is 1. The van der Waals surface area contributed by atoms with Gasteiger partial charge in [0.25, 0.3) is 5.91 Å². The molecule has 1 N–H and O–H groups in total. The topological polar surface area (TPSA) is 32.3 Å². The van der Waals surface area contributed by atoms with Crippen LogP contribution in [0.5, 0.6) is 0 Å². The van der Waals surface area contributed by atoms with Crippen LogP contribution < -0.4 is 5.32 Å². The standard InChI is InChI=1S/C13H17BrN2O/c1-10-11(4-2-5-12(10)14)13(17)16-8-3-6-15-7-9-16/h2,4-5,15H,3,6-9H2,1H3. The number of nitrogens with zero attached hydrogens (tertiary/aromatic N) is 1. The van der Waals surface area contributed by atoms with Gasteiger partial charge in [0.15, 0.2) is 0 Å². The molecule has 0 unspecified atom stereocenters. The first-order valence-corrected chi connectivity index (χ1v) is 6.74. The summed E-state index contributed by atoms with van der Waals surface area (Å²) < 4.78 is 0.997. The van der Waals surface area contributed by atoms with Gasteiger partial charge in [0.05, 0.1) is 0 Å². The third-order valence-corrected chi connectivity index (χ3v) is 3.98. The van der Waals surface area contributed by atoms with Gasteiger partial charge in [-0.3, -0.25) is 4.79 Å². The first kappa shape index (κ1) is 12.6. The minimum absolute atomic E-state index is 0.146. The van der Waals surface area contributed by atoms with E-state index >= 15 is 0 Å². The maximum absolute atomic E-state index is 12.4. The van der Waals surface area contributed by atoms with E-state index in [9.17, 15) is 4.79 Å². The van der Waals surface area contributed by atoms with E-state index in [4.69, 9.17) is 0 Å². The summed E-state index contributed by atoms with van der Waals surface area (Å²) in [6.45, 7) is 5.51. The summed E-state index contributed by atoms with van der Waals surface area (Å²) in [6.07, 6.45) is 1.03. The lowest BCUT2D eigenvalue weighted by Gasteiger charge is -2.21. The molecule has 1 saturated heterocycles. The Hall–Kier alpha value is -0.870. The maximum atomic E-state index is 12.4. The molecule has 92 valence electrons. The number of halogens is 1. The summed E-state index contributed by atoms with van der Waals surface area (Å²) in [6, 6.07) is 5.79. The van der Waals surface area contributed by atoms with Crippen molar-refractivity contribution in [2.45, 2.75) is 13.3 Å². The van der Waals surface area contributed by atoms with E-state index in [1.807, 2.05) is 30.0 Å². The van der Waals surface area contributed by atoms with Crippen molar-refractivity contribution in [3.8, 4) is 0 Å². The fourth-order valence-electron chi connectivity index (χ4n) is 2.06. The second-order valence-electron chi connectivity index (χ2n) is 4.31. The Labute approximate surface area is 110 Å². The number of rotatable bonds is 1. The molecule has 0 aromatic heterocycles. The zero-order valence-corrected chi connectivity index (χ0v) is 11.6. The van der Waals surface area contributed by atoms with Gasteiger partial charge >= 0.3 is 0 Å². The highest BCUT2D eigenvalue weighted by atomic mass is 79.9. The molecule has 17 heavy (non-hydrogen) atoms. The molecule has 1 aliphatic rings. The van der Waals surface area contributed by atoms with Gasteiger partial charge in [-0.15, -0.1) is 0 Å². The maximum Gasteiger partial charge on any atom is 0.254 e. The van der Waals surface area contributed by atoms with E-state index in [-0.39, 0.29) is 5.91 Å². The Morgan fingerprint density at radius 1 is 1.35 bits per heavy atom. The van der Waals surface area contributed by atoms with Crippen LogP contribution in [-0.4, -0.2) is 37.0 Å². The van der Waals surface area contributed by atoms with Gasteiger partial charge in [0, 0.05) is 29.7 Å². The summed E-state index contributed by atoms with van der Waals surface area (Å²) in [5.41, 5.74) is 1.83. The van der Waals surface area contributed by atoms with Crippen LogP contribution in [0.25, 0.3) is 0 Å². The SMILES string of the molecule is Cc1c(Br)cccc1C(=O)N1CCCNCC1. The van der Waals surface area contributed by atoms with Crippen LogP contribution in [0.1, 0.15) is 22.3 Å². The molecule has 4 heteroatoms. The second kappa shape index (κ2) is 5.65. The molecule has 2 rings (SSSR count). The highest BCUT2D eigenvalue weighted by molar-refractivity contribution is 9.10.